The van der Waals surface area contributed by atoms with Gasteiger partial charge in [-0.2, -0.15) is 0 Å². The van der Waals surface area contributed by atoms with Crippen LogP contribution in [0, 0.1) is 11.6 Å². The number of nitrogens with one attached hydrogen (secondary N) is 1. The smallest absolute Gasteiger partial charge is 0.220 e. The van der Waals surface area contributed by atoms with Gasteiger partial charge in [0.05, 0.1) is 12.6 Å². The second kappa shape index (κ2) is 9.04. The molecule has 0 fully saturated rings. The monoisotopic (exact) mass is 420 g/mol. The maximum absolute atomic E-state index is 13.3. The van der Waals surface area contributed by atoms with E-state index in [4.69, 9.17) is 0 Å². The Bertz CT molecular complexity index is 1190. The molecule has 7 heteroatoms. The number of pyridine rings is 1. The lowest BCUT2D eigenvalue weighted by Crippen LogP contribution is -2.27. The Morgan fingerprint density at radius 2 is 1.71 bits per heavy atom. The standard InChI is InChI=1S/C24H22F2N4O/c1-16(18-6-10-20(26)11-7-18)28-23(31)13-12-22-29-21-3-2-14-27-24(21)30(22)15-17-4-8-19(25)9-5-17/h2-11,14,16H,12-13,15H2,1H3,(H,28,31). The van der Waals surface area contributed by atoms with Crippen LogP contribution in [0.2, 0.25) is 0 Å². The van der Waals surface area contributed by atoms with Crippen LogP contribution in [-0.4, -0.2) is 20.4 Å². The first kappa shape index (κ1) is 20.7. The van der Waals surface area contributed by atoms with Crippen LogP contribution < -0.4 is 5.32 Å². The predicted molar refractivity (Wildman–Crippen MR) is 114 cm³/mol. The number of aromatic nitrogens is 3. The van der Waals surface area contributed by atoms with E-state index >= 15 is 0 Å². The molecule has 31 heavy (non-hydrogen) atoms. The van der Waals surface area contributed by atoms with Gasteiger partial charge in [0, 0.05) is 19.0 Å². The molecular formula is C24H22F2N4O. The third kappa shape index (κ3) is 4.94. The number of amides is 1. The molecule has 1 unspecified atom stereocenters. The van der Waals surface area contributed by atoms with E-state index in [1.807, 2.05) is 23.6 Å². The van der Waals surface area contributed by atoms with Crippen molar-refractivity contribution in [2.24, 2.45) is 0 Å². The summed E-state index contributed by atoms with van der Waals surface area (Å²) in [5.41, 5.74) is 3.23. The van der Waals surface area contributed by atoms with Crippen molar-refractivity contribution < 1.29 is 13.6 Å². The minimum absolute atomic E-state index is 0.120. The minimum Gasteiger partial charge on any atom is -0.350 e. The molecule has 0 bridgehead atoms. The largest absolute Gasteiger partial charge is 0.350 e. The third-order valence-corrected chi connectivity index (χ3v) is 5.16. The molecule has 158 valence electrons. The van der Waals surface area contributed by atoms with Crippen molar-refractivity contribution in [3.63, 3.8) is 0 Å². The zero-order chi connectivity index (χ0) is 21.8. The first-order valence-corrected chi connectivity index (χ1v) is 10.1. The third-order valence-electron chi connectivity index (χ3n) is 5.16. The molecule has 1 amide bonds. The molecule has 5 nitrogen and oxygen atoms in total. The van der Waals surface area contributed by atoms with Crippen LogP contribution in [0.15, 0.2) is 66.9 Å². The molecule has 0 spiro atoms. The number of hydrogen-bond donors (Lipinski definition) is 1. The molecule has 4 aromatic rings. The van der Waals surface area contributed by atoms with Gasteiger partial charge in [-0.05, 0) is 54.4 Å². The summed E-state index contributed by atoms with van der Waals surface area (Å²) in [4.78, 5) is 21.6. The Morgan fingerprint density at radius 3 is 2.42 bits per heavy atom. The van der Waals surface area contributed by atoms with Crippen molar-refractivity contribution in [1.29, 1.82) is 0 Å². The fourth-order valence-electron chi connectivity index (χ4n) is 3.51. The van der Waals surface area contributed by atoms with Gasteiger partial charge >= 0.3 is 0 Å². The van der Waals surface area contributed by atoms with Gasteiger partial charge in [0.1, 0.15) is 23.0 Å². The molecule has 2 aromatic heterocycles. The van der Waals surface area contributed by atoms with Crippen molar-refractivity contribution in [3.05, 3.63) is 95.4 Å². The average Bonchev–Trinajstić information content (AvgIpc) is 3.11. The van der Waals surface area contributed by atoms with Gasteiger partial charge in [-0.1, -0.05) is 24.3 Å². The topological polar surface area (TPSA) is 59.8 Å². The summed E-state index contributed by atoms with van der Waals surface area (Å²) in [5, 5.41) is 2.94. The zero-order valence-electron chi connectivity index (χ0n) is 17.1. The van der Waals surface area contributed by atoms with E-state index in [0.717, 1.165) is 28.1 Å². The highest BCUT2D eigenvalue weighted by atomic mass is 19.1. The predicted octanol–water partition coefficient (Wildman–Crippen LogP) is 4.57. The van der Waals surface area contributed by atoms with Crippen LogP contribution in [0.3, 0.4) is 0 Å². The number of imidazole rings is 1. The molecule has 0 saturated carbocycles. The summed E-state index contributed by atoms with van der Waals surface area (Å²) in [5.74, 6) is 0.0215. The maximum atomic E-state index is 13.3. The summed E-state index contributed by atoms with van der Waals surface area (Å²) >= 11 is 0. The van der Waals surface area contributed by atoms with E-state index in [1.165, 1.54) is 24.3 Å². The van der Waals surface area contributed by atoms with Gasteiger partial charge in [-0.3, -0.25) is 4.79 Å². The van der Waals surface area contributed by atoms with Gasteiger partial charge in [0.25, 0.3) is 0 Å². The first-order chi connectivity index (χ1) is 15.0. The fraction of sp³-hybridized carbons (Fsp3) is 0.208. The van der Waals surface area contributed by atoms with Crippen LogP contribution in [0.5, 0.6) is 0 Å². The summed E-state index contributed by atoms with van der Waals surface area (Å²) in [6, 6.07) is 15.8. The Labute approximate surface area is 178 Å². The first-order valence-electron chi connectivity index (χ1n) is 10.1. The van der Waals surface area contributed by atoms with Gasteiger partial charge in [0.2, 0.25) is 5.91 Å². The van der Waals surface area contributed by atoms with Crippen LogP contribution >= 0.6 is 0 Å². The molecule has 4 rings (SSSR count). The van der Waals surface area contributed by atoms with Crippen molar-refractivity contribution >= 4 is 17.1 Å². The van der Waals surface area contributed by atoms with E-state index < -0.39 is 0 Å². The van der Waals surface area contributed by atoms with Gasteiger partial charge < -0.3 is 9.88 Å². The zero-order valence-corrected chi connectivity index (χ0v) is 17.1. The summed E-state index contributed by atoms with van der Waals surface area (Å²) in [6.07, 6.45) is 2.38. The van der Waals surface area contributed by atoms with Crippen LogP contribution in [0.4, 0.5) is 8.78 Å². The molecule has 1 N–H and O–H groups in total. The maximum Gasteiger partial charge on any atom is 0.220 e. The van der Waals surface area contributed by atoms with E-state index in [9.17, 15) is 13.6 Å². The number of hydrogen-bond acceptors (Lipinski definition) is 3. The normalized spacial score (nSPS) is 12.1. The van der Waals surface area contributed by atoms with Crippen molar-refractivity contribution in [1.82, 2.24) is 19.9 Å². The van der Waals surface area contributed by atoms with Gasteiger partial charge in [-0.25, -0.2) is 18.7 Å². The summed E-state index contributed by atoms with van der Waals surface area (Å²) in [7, 11) is 0. The highest BCUT2D eigenvalue weighted by molar-refractivity contribution is 5.77. The number of carbonyl (C=O) groups is 1. The second-order valence-electron chi connectivity index (χ2n) is 7.43. The SMILES string of the molecule is CC(NC(=O)CCc1nc2cccnc2n1Cc1ccc(F)cc1)c1ccc(F)cc1. The number of benzene rings is 2. The summed E-state index contributed by atoms with van der Waals surface area (Å²) in [6.45, 7) is 2.34. The van der Waals surface area contributed by atoms with E-state index in [1.54, 1.807) is 30.5 Å². The van der Waals surface area contributed by atoms with Crippen molar-refractivity contribution in [2.45, 2.75) is 32.4 Å². The van der Waals surface area contributed by atoms with E-state index in [0.29, 0.717) is 13.0 Å². The number of fused-ring (bicyclic) bond motifs is 1. The van der Waals surface area contributed by atoms with Gasteiger partial charge in [-0.15, -0.1) is 0 Å². The number of rotatable bonds is 7. The number of nitrogens with zero attached hydrogens (tertiary/aromatic N) is 3. The molecule has 0 aliphatic rings. The molecule has 1 atom stereocenters. The number of carbonyl (C=O) groups excluding carboxylic acids is 1. The Kier molecular flexibility index (Phi) is 6.02. The summed E-state index contributed by atoms with van der Waals surface area (Å²) < 4.78 is 28.3. The molecule has 0 aliphatic carbocycles. The number of halogens is 2. The van der Waals surface area contributed by atoms with Crippen molar-refractivity contribution in [2.75, 3.05) is 0 Å². The lowest BCUT2D eigenvalue weighted by molar-refractivity contribution is -0.121. The molecule has 0 saturated heterocycles. The lowest BCUT2D eigenvalue weighted by atomic mass is 10.1. The van der Waals surface area contributed by atoms with Crippen molar-refractivity contribution in [3.8, 4) is 0 Å². The second-order valence-corrected chi connectivity index (χ2v) is 7.43. The quantitative estimate of drug-likeness (QED) is 0.477. The Hall–Kier alpha value is -3.61. The molecule has 2 heterocycles. The molecular weight excluding hydrogens is 398 g/mol. The van der Waals surface area contributed by atoms with Crippen LogP contribution in [0.25, 0.3) is 11.2 Å². The van der Waals surface area contributed by atoms with Gasteiger partial charge in [0.15, 0.2) is 5.65 Å². The van der Waals surface area contributed by atoms with E-state index in [2.05, 4.69) is 15.3 Å². The Balaban J connectivity index is 1.48. The fourth-order valence-corrected chi connectivity index (χ4v) is 3.51. The minimum atomic E-state index is -0.309. The molecule has 0 aliphatic heterocycles. The molecule has 2 aromatic carbocycles. The highest BCUT2D eigenvalue weighted by Crippen LogP contribution is 2.18. The highest BCUT2D eigenvalue weighted by Gasteiger charge is 2.15. The van der Waals surface area contributed by atoms with Crippen LogP contribution in [0.1, 0.15) is 36.3 Å². The molecule has 0 radical (unpaired) electrons. The van der Waals surface area contributed by atoms with E-state index in [-0.39, 0.29) is 30.0 Å². The average molecular weight is 420 g/mol. The lowest BCUT2D eigenvalue weighted by Gasteiger charge is -2.14. The Morgan fingerprint density at radius 1 is 1.03 bits per heavy atom. The van der Waals surface area contributed by atoms with Crippen LogP contribution in [-0.2, 0) is 17.8 Å². The number of aryl methyl sites for hydroxylation is 1.